The SMILES string of the molecule is Cc1cc(Cl)cc(C)c1-c1ccc2ncc([C@@H]3CCCN(C(=O)OC(C)(C)C)C3)nc2n1. The molecule has 0 aliphatic carbocycles. The number of pyridine rings is 1. The third-order valence-electron chi connectivity index (χ3n) is 5.67. The first-order valence-electron chi connectivity index (χ1n) is 11.0. The van der Waals surface area contributed by atoms with E-state index in [0.717, 1.165) is 51.5 Å². The van der Waals surface area contributed by atoms with Crippen molar-refractivity contribution >= 4 is 28.9 Å². The van der Waals surface area contributed by atoms with Crippen molar-refractivity contribution in [3.63, 3.8) is 0 Å². The van der Waals surface area contributed by atoms with E-state index in [9.17, 15) is 4.79 Å². The lowest BCUT2D eigenvalue weighted by Crippen LogP contribution is -2.42. The number of carbonyl (C=O) groups excluding carboxylic acids is 1. The van der Waals surface area contributed by atoms with Gasteiger partial charge in [-0.3, -0.25) is 4.98 Å². The van der Waals surface area contributed by atoms with E-state index >= 15 is 0 Å². The monoisotopic (exact) mass is 452 g/mol. The number of aryl methyl sites for hydroxylation is 2. The van der Waals surface area contributed by atoms with Crippen LogP contribution in [-0.2, 0) is 4.74 Å². The number of likely N-dealkylation sites (tertiary alicyclic amines) is 1. The Morgan fingerprint density at radius 3 is 2.56 bits per heavy atom. The van der Waals surface area contributed by atoms with Gasteiger partial charge in [-0.25, -0.2) is 14.8 Å². The van der Waals surface area contributed by atoms with Crippen molar-refractivity contribution in [1.82, 2.24) is 19.9 Å². The fourth-order valence-corrected chi connectivity index (χ4v) is 4.60. The molecule has 1 saturated heterocycles. The van der Waals surface area contributed by atoms with Gasteiger partial charge in [0.1, 0.15) is 11.1 Å². The summed E-state index contributed by atoms with van der Waals surface area (Å²) in [5, 5.41) is 0.721. The molecule has 1 aliphatic heterocycles. The molecule has 1 aromatic carbocycles. The van der Waals surface area contributed by atoms with Crippen LogP contribution in [0.15, 0.2) is 30.5 Å². The number of ether oxygens (including phenoxy) is 1. The number of piperidine rings is 1. The highest BCUT2D eigenvalue weighted by molar-refractivity contribution is 6.30. The van der Waals surface area contributed by atoms with E-state index in [1.54, 1.807) is 4.90 Å². The molecule has 0 bridgehead atoms. The molecule has 6 nitrogen and oxygen atoms in total. The third-order valence-corrected chi connectivity index (χ3v) is 5.89. The van der Waals surface area contributed by atoms with E-state index < -0.39 is 5.60 Å². The molecule has 7 heteroatoms. The number of halogens is 1. The third kappa shape index (κ3) is 4.85. The van der Waals surface area contributed by atoms with Gasteiger partial charge >= 0.3 is 6.09 Å². The van der Waals surface area contributed by atoms with Gasteiger partial charge in [-0.05, 0) is 82.9 Å². The second kappa shape index (κ2) is 8.66. The van der Waals surface area contributed by atoms with Crippen LogP contribution in [0.2, 0.25) is 5.02 Å². The first-order valence-corrected chi connectivity index (χ1v) is 11.4. The molecule has 1 amide bonds. The Bertz CT molecular complexity index is 1150. The molecule has 1 aliphatic rings. The van der Waals surface area contributed by atoms with E-state index in [0.29, 0.717) is 18.7 Å². The summed E-state index contributed by atoms with van der Waals surface area (Å²) < 4.78 is 5.56. The van der Waals surface area contributed by atoms with E-state index in [1.807, 2.05) is 65.1 Å². The number of aromatic nitrogens is 3. The lowest BCUT2D eigenvalue weighted by molar-refractivity contribution is 0.0197. The summed E-state index contributed by atoms with van der Waals surface area (Å²) in [7, 11) is 0. The number of rotatable bonds is 2. The van der Waals surface area contributed by atoms with Gasteiger partial charge in [0, 0.05) is 35.8 Å². The van der Waals surface area contributed by atoms with Crippen LogP contribution in [0.1, 0.15) is 56.4 Å². The standard InChI is InChI=1S/C25H29ClN4O2/c1-15-11-18(26)12-16(2)22(15)19-8-9-20-23(28-19)29-21(13-27-20)17-7-6-10-30(14-17)24(31)32-25(3,4)5/h8-9,11-13,17H,6-7,10,14H2,1-5H3/t17-/m1/s1. The van der Waals surface area contributed by atoms with Crippen LogP contribution in [0.3, 0.4) is 0 Å². The first kappa shape index (κ1) is 22.5. The lowest BCUT2D eigenvalue weighted by atomic mass is 9.95. The van der Waals surface area contributed by atoms with Crippen LogP contribution >= 0.6 is 11.6 Å². The van der Waals surface area contributed by atoms with E-state index in [4.69, 9.17) is 26.3 Å². The van der Waals surface area contributed by atoms with Gasteiger partial charge in [-0.15, -0.1) is 0 Å². The van der Waals surface area contributed by atoms with Gasteiger partial charge in [0.25, 0.3) is 0 Å². The van der Waals surface area contributed by atoms with Crippen LogP contribution in [0.5, 0.6) is 0 Å². The molecule has 1 fully saturated rings. The van der Waals surface area contributed by atoms with Gasteiger partial charge in [0.05, 0.1) is 11.4 Å². The highest BCUT2D eigenvalue weighted by Gasteiger charge is 2.29. The number of fused-ring (bicyclic) bond motifs is 1. The number of nitrogens with zero attached hydrogens (tertiary/aromatic N) is 4. The van der Waals surface area contributed by atoms with Crippen molar-refractivity contribution in [1.29, 1.82) is 0 Å². The molecule has 4 rings (SSSR count). The second-order valence-electron chi connectivity index (χ2n) is 9.51. The van der Waals surface area contributed by atoms with Crippen molar-refractivity contribution in [2.75, 3.05) is 13.1 Å². The summed E-state index contributed by atoms with van der Waals surface area (Å²) in [4.78, 5) is 28.6. The normalized spacial score (nSPS) is 16.9. The van der Waals surface area contributed by atoms with E-state index in [2.05, 4.69) is 4.98 Å². The maximum Gasteiger partial charge on any atom is 0.410 e. The van der Waals surface area contributed by atoms with Gasteiger partial charge in [-0.1, -0.05) is 11.6 Å². The van der Waals surface area contributed by atoms with Gasteiger partial charge in [-0.2, -0.15) is 0 Å². The lowest BCUT2D eigenvalue weighted by Gasteiger charge is -2.33. The second-order valence-corrected chi connectivity index (χ2v) is 9.95. The van der Waals surface area contributed by atoms with Gasteiger partial charge in [0.15, 0.2) is 5.65 Å². The maximum absolute atomic E-state index is 12.5. The van der Waals surface area contributed by atoms with Gasteiger partial charge in [0.2, 0.25) is 0 Å². The fourth-order valence-electron chi connectivity index (χ4n) is 4.27. The number of hydrogen-bond donors (Lipinski definition) is 0. The minimum Gasteiger partial charge on any atom is -0.444 e. The minimum atomic E-state index is -0.509. The quantitative estimate of drug-likeness (QED) is 0.471. The van der Waals surface area contributed by atoms with Crippen molar-refractivity contribution in [3.8, 4) is 11.3 Å². The molecule has 32 heavy (non-hydrogen) atoms. The van der Waals surface area contributed by atoms with Crippen LogP contribution in [-0.4, -0.2) is 44.6 Å². The molecule has 0 N–H and O–H groups in total. The summed E-state index contributed by atoms with van der Waals surface area (Å²) in [5.41, 5.74) is 5.79. The highest BCUT2D eigenvalue weighted by atomic mass is 35.5. The Kier molecular flexibility index (Phi) is 6.08. The molecular weight excluding hydrogens is 424 g/mol. The zero-order valence-electron chi connectivity index (χ0n) is 19.3. The zero-order chi connectivity index (χ0) is 23.0. The van der Waals surface area contributed by atoms with Crippen molar-refractivity contribution in [3.05, 3.63) is 52.3 Å². The largest absolute Gasteiger partial charge is 0.444 e. The number of carbonyl (C=O) groups is 1. The Labute approximate surface area is 194 Å². The van der Waals surface area contributed by atoms with Crippen molar-refractivity contribution in [2.24, 2.45) is 0 Å². The molecule has 0 saturated carbocycles. The molecule has 1 atom stereocenters. The Hall–Kier alpha value is -2.73. The summed E-state index contributed by atoms with van der Waals surface area (Å²) in [5.74, 6) is 0.109. The predicted molar refractivity (Wildman–Crippen MR) is 127 cm³/mol. The topological polar surface area (TPSA) is 68.2 Å². The predicted octanol–water partition coefficient (Wildman–Crippen LogP) is 6.08. The average Bonchev–Trinajstić information content (AvgIpc) is 2.71. The van der Waals surface area contributed by atoms with Gasteiger partial charge < -0.3 is 9.64 Å². The number of amides is 1. The van der Waals surface area contributed by atoms with Crippen LogP contribution in [0, 0.1) is 13.8 Å². The Morgan fingerprint density at radius 2 is 1.88 bits per heavy atom. The van der Waals surface area contributed by atoms with Crippen LogP contribution in [0.4, 0.5) is 4.79 Å². The van der Waals surface area contributed by atoms with E-state index in [-0.39, 0.29) is 12.0 Å². The Morgan fingerprint density at radius 1 is 1.16 bits per heavy atom. The molecule has 0 unspecified atom stereocenters. The molecule has 3 aromatic rings. The number of hydrogen-bond acceptors (Lipinski definition) is 5. The summed E-state index contributed by atoms with van der Waals surface area (Å²) in [6.45, 7) is 11.0. The van der Waals surface area contributed by atoms with Crippen molar-refractivity contribution in [2.45, 2.75) is 59.0 Å². The molecule has 3 heterocycles. The summed E-state index contributed by atoms with van der Waals surface area (Å²) in [6.07, 6.45) is 3.39. The molecule has 0 radical (unpaired) electrons. The molecule has 2 aromatic heterocycles. The smallest absolute Gasteiger partial charge is 0.410 e. The zero-order valence-corrected chi connectivity index (χ0v) is 20.0. The summed E-state index contributed by atoms with van der Waals surface area (Å²) >= 11 is 6.20. The first-order chi connectivity index (χ1) is 15.1. The Balaban J connectivity index is 1.63. The average molecular weight is 453 g/mol. The van der Waals surface area contributed by atoms with Crippen LogP contribution < -0.4 is 0 Å². The molecule has 0 spiro atoms. The van der Waals surface area contributed by atoms with Crippen molar-refractivity contribution < 1.29 is 9.53 Å². The molecule has 168 valence electrons. The molecular formula is C25H29ClN4O2. The number of benzene rings is 1. The maximum atomic E-state index is 12.5. The van der Waals surface area contributed by atoms with E-state index in [1.165, 1.54) is 0 Å². The summed E-state index contributed by atoms with van der Waals surface area (Å²) in [6, 6.07) is 7.83. The van der Waals surface area contributed by atoms with Crippen LogP contribution in [0.25, 0.3) is 22.4 Å². The minimum absolute atomic E-state index is 0.109. The fraction of sp³-hybridized carbons (Fsp3) is 0.440. The highest BCUT2D eigenvalue weighted by Crippen LogP contribution is 2.31.